The third-order valence-corrected chi connectivity index (χ3v) is 3.13. The van der Waals surface area contributed by atoms with Gasteiger partial charge in [0, 0.05) is 11.4 Å². The lowest BCUT2D eigenvalue weighted by molar-refractivity contribution is 0.471. The molecule has 0 spiro atoms. The Kier molecular flexibility index (Phi) is 5.76. The fraction of sp³-hybridized carbons (Fsp3) is 0.500. The van der Waals surface area contributed by atoms with Gasteiger partial charge in [0.05, 0.1) is 0 Å². The molecule has 0 amide bonds. The zero-order chi connectivity index (χ0) is 11.1. The van der Waals surface area contributed by atoms with Crippen molar-refractivity contribution in [2.45, 2.75) is 38.0 Å². The molecule has 1 rings (SSSR count). The summed E-state index contributed by atoms with van der Waals surface area (Å²) in [6.45, 7) is 5.25. The molecule has 0 aromatic heterocycles. The first-order valence-electron chi connectivity index (χ1n) is 5.49. The van der Waals surface area contributed by atoms with E-state index in [9.17, 15) is 0 Å². The zero-order valence-corrected chi connectivity index (χ0v) is 10.4. The summed E-state index contributed by atoms with van der Waals surface area (Å²) in [6, 6.07) is 8.45. The monoisotopic (exact) mass is 224 g/mol. The lowest BCUT2D eigenvalue weighted by atomic mass is 10.2. The molecule has 0 bridgehead atoms. The molecule has 0 aliphatic carbocycles. The summed E-state index contributed by atoms with van der Waals surface area (Å²) in [7, 11) is 0. The summed E-state index contributed by atoms with van der Waals surface area (Å²) in [5.74, 6) is 5.88. The smallest absolute Gasteiger partial charge is 0.0246 e. The number of rotatable bonds is 6. The molecule has 2 nitrogen and oxygen atoms in total. The molecule has 0 radical (unpaired) electrons. The Labute approximate surface area is 96.9 Å². The standard InChI is InChI=1S/C12H20N2S/c1-3-4-5-10-14(13)15-12-8-6-11(2)7-9-12/h6-9H,3-5,10,13H2,1-2H3. The van der Waals surface area contributed by atoms with Gasteiger partial charge in [0.25, 0.3) is 0 Å². The van der Waals surface area contributed by atoms with Gasteiger partial charge in [0.15, 0.2) is 0 Å². The molecule has 84 valence electrons. The van der Waals surface area contributed by atoms with Gasteiger partial charge in [-0.05, 0) is 37.4 Å². The number of hydrazine groups is 1. The summed E-state index contributed by atoms with van der Waals surface area (Å²) < 4.78 is 1.82. The Hall–Kier alpha value is -0.510. The topological polar surface area (TPSA) is 29.3 Å². The van der Waals surface area contributed by atoms with Crippen LogP contribution in [0.2, 0.25) is 0 Å². The number of nitrogens with zero attached hydrogens (tertiary/aromatic N) is 1. The van der Waals surface area contributed by atoms with Gasteiger partial charge >= 0.3 is 0 Å². The Morgan fingerprint density at radius 3 is 2.47 bits per heavy atom. The first kappa shape index (κ1) is 12.6. The zero-order valence-electron chi connectivity index (χ0n) is 9.57. The van der Waals surface area contributed by atoms with Crippen molar-refractivity contribution in [3.8, 4) is 0 Å². The normalized spacial score (nSPS) is 10.9. The molecule has 0 aliphatic rings. The highest BCUT2D eigenvalue weighted by atomic mass is 32.2. The average molecular weight is 224 g/mol. The fourth-order valence-electron chi connectivity index (χ4n) is 1.30. The molecule has 0 atom stereocenters. The van der Waals surface area contributed by atoms with Crippen LogP contribution in [0.15, 0.2) is 29.2 Å². The van der Waals surface area contributed by atoms with Crippen LogP contribution in [0.5, 0.6) is 0 Å². The first-order chi connectivity index (χ1) is 7.22. The first-order valence-corrected chi connectivity index (χ1v) is 6.26. The minimum Gasteiger partial charge on any atom is -0.259 e. The highest BCUT2D eigenvalue weighted by Gasteiger charge is 2.00. The van der Waals surface area contributed by atoms with E-state index in [2.05, 4.69) is 38.1 Å². The molecule has 0 heterocycles. The van der Waals surface area contributed by atoms with Crippen LogP contribution in [0, 0.1) is 6.92 Å². The number of nitrogens with two attached hydrogens (primary N) is 1. The van der Waals surface area contributed by atoms with Crippen molar-refractivity contribution in [1.82, 2.24) is 4.41 Å². The number of unbranched alkanes of at least 4 members (excludes halogenated alkanes) is 2. The molecular weight excluding hydrogens is 204 g/mol. The molecular formula is C12H20N2S. The maximum Gasteiger partial charge on any atom is 0.0246 e. The van der Waals surface area contributed by atoms with E-state index in [1.54, 1.807) is 11.9 Å². The summed E-state index contributed by atoms with van der Waals surface area (Å²) in [5.41, 5.74) is 1.29. The summed E-state index contributed by atoms with van der Waals surface area (Å²) >= 11 is 1.61. The van der Waals surface area contributed by atoms with Crippen molar-refractivity contribution < 1.29 is 0 Å². The number of aryl methyl sites for hydroxylation is 1. The Morgan fingerprint density at radius 2 is 1.87 bits per heavy atom. The summed E-state index contributed by atoms with van der Waals surface area (Å²) in [6.07, 6.45) is 3.66. The van der Waals surface area contributed by atoms with Crippen molar-refractivity contribution in [1.29, 1.82) is 0 Å². The largest absolute Gasteiger partial charge is 0.259 e. The van der Waals surface area contributed by atoms with Crippen LogP contribution in [-0.2, 0) is 0 Å². The van der Waals surface area contributed by atoms with E-state index >= 15 is 0 Å². The van der Waals surface area contributed by atoms with Crippen LogP contribution in [0.25, 0.3) is 0 Å². The maximum atomic E-state index is 5.88. The van der Waals surface area contributed by atoms with Gasteiger partial charge in [-0.3, -0.25) is 5.84 Å². The number of hydrogen-bond donors (Lipinski definition) is 1. The molecule has 1 aromatic rings. The molecule has 0 saturated carbocycles. The fourth-order valence-corrected chi connectivity index (χ4v) is 2.05. The van der Waals surface area contributed by atoms with Gasteiger partial charge < -0.3 is 0 Å². The minimum absolute atomic E-state index is 0.951. The molecule has 2 N–H and O–H groups in total. The van der Waals surface area contributed by atoms with Crippen LogP contribution in [0.4, 0.5) is 0 Å². The molecule has 0 unspecified atom stereocenters. The van der Waals surface area contributed by atoms with Crippen LogP contribution in [0.1, 0.15) is 31.7 Å². The summed E-state index contributed by atoms with van der Waals surface area (Å²) in [5, 5.41) is 0. The van der Waals surface area contributed by atoms with Crippen LogP contribution in [0.3, 0.4) is 0 Å². The second-order valence-electron chi connectivity index (χ2n) is 3.75. The minimum atomic E-state index is 0.951. The van der Waals surface area contributed by atoms with Gasteiger partial charge in [-0.25, -0.2) is 0 Å². The summed E-state index contributed by atoms with van der Waals surface area (Å²) in [4.78, 5) is 1.21. The van der Waals surface area contributed by atoms with E-state index in [1.807, 2.05) is 4.41 Å². The Balaban J connectivity index is 2.31. The van der Waals surface area contributed by atoms with Crippen molar-refractivity contribution in [2.75, 3.05) is 6.54 Å². The van der Waals surface area contributed by atoms with Gasteiger partial charge in [-0.1, -0.05) is 37.5 Å². The molecule has 3 heteroatoms. The SMILES string of the molecule is CCCCCN(N)Sc1ccc(C)cc1. The molecule has 0 saturated heterocycles. The third kappa shape index (κ3) is 5.21. The van der Waals surface area contributed by atoms with Crippen LogP contribution < -0.4 is 5.84 Å². The predicted molar refractivity (Wildman–Crippen MR) is 67.5 cm³/mol. The highest BCUT2D eigenvalue weighted by Crippen LogP contribution is 2.20. The van der Waals surface area contributed by atoms with Crippen LogP contribution in [-0.4, -0.2) is 11.0 Å². The van der Waals surface area contributed by atoms with Gasteiger partial charge in [-0.15, -0.1) is 0 Å². The third-order valence-electron chi connectivity index (χ3n) is 2.23. The van der Waals surface area contributed by atoms with E-state index in [1.165, 1.54) is 29.7 Å². The lowest BCUT2D eigenvalue weighted by Gasteiger charge is -2.14. The van der Waals surface area contributed by atoms with Gasteiger partial charge in [0.1, 0.15) is 0 Å². The lowest BCUT2D eigenvalue weighted by Crippen LogP contribution is -2.24. The second-order valence-corrected chi connectivity index (χ2v) is 4.88. The van der Waals surface area contributed by atoms with Crippen molar-refractivity contribution in [2.24, 2.45) is 5.84 Å². The molecule has 0 aliphatic heterocycles. The highest BCUT2D eigenvalue weighted by molar-refractivity contribution is 7.97. The molecule has 15 heavy (non-hydrogen) atoms. The van der Waals surface area contributed by atoms with E-state index < -0.39 is 0 Å². The van der Waals surface area contributed by atoms with Gasteiger partial charge in [0.2, 0.25) is 0 Å². The maximum absolute atomic E-state index is 5.88. The van der Waals surface area contributed by atoms with Crippen molar-refractivity contribution in [3.63, 3.8) is 0 Å². The van der Waals surface area contributed by atoms with E-state index in [-0.39, 0.29) is 0 Å². The van der Waals surface area contributed by atoms with Crippen molar-refractivity contribution >= 4 is 11.9 Å². The quantitative estimate of drug-likeness (QED) is 0.348. The molecule has 0 fully saturated rings. The van der Waals surface area contributed by atoms with E-state index in [4.69, 9.17) is 5.84 Å². The van der Waals surface area contributed by atoms with E-state index in [0.29, 0.717) is 0 Å². The van der Waals surface area contributed by atoms with Crippen molar-refractivity contribution in [3.05, 3.63) is 29.8 Å². The predicted octanol–water partition coefficient (Wildman–Crippen LogP) is 3.37. The Morgan fingerprint density at radius 1 is 1.20 bits per heavy atom. The van der Waals surface area contributed by atoms with E-state index in [0.717, 1.165) is 6.54 Å². The van der Waals surface area contributed by atoms with Gasteiger partial charge in [-0.2, -0.15) is 4.41 Å². The average Bonchev–Trinajstić information content (AvgIpc) is 2.22. The second kappa shape index (κ2) is 6.88. The van der Waals surface area contributed by atoms with Crippen LogP contribution >= 0.6 is 11.9 Å². The number of benzene rings is 1. The Bertz CT molecular complexity index is 271. The number of hydrogen-bond acceptors (Lipinski definition) is 3. The molecule has 1 aromatic carbocycles.